The lowest BCUT2D eigenvalue weighted by atomic mass is 10.1. The molecule has 1 saturated carbocycles. The fraction of sp³-hybridized carbons (Fsp3) is 0.800. The van der Waals surface area contributed by atoms with Crippen molar-refractivity contribution in [1.82, 2.24) is 14.8 Å². The molecule has 5 N–H and O–H groups in total. The van der Waals surface area contributed by atoms with Gasteiger partial charge in [0.2, 0.25) is 0 Å². The van der Waals surface area contributed by atoms with Crippen molar-refractivity contribution in [1.29, 1.82) is 0 Å². The number of nitrogens with one attached hydrogen (secondary N) is 1. The summed E-state index contributed by atoms with van der Waals surface area (Å²) in [5.41, 5.74) is 11.3. The first kappa shape index (κ1) is 11.3. The molecule has 0 bridgehead atoms. The molecular formula is C10H19N5O. The van der Waals surface area contributed by atoms with E-state index in [0.717, 1.165) is 32.1 Å². The minimum atomic E-state index is -0.161. The largest absolute Gasteiger partial charge is 0.343 e. The predicted molar refractivity (Wildman–Crippen MR) is 61.0 cm³/mol. The van der Waals surface area contributed by atoms with Gasteiger partial charge in [0, 0.05) is 6.04 Å². The zero-order chi connectivity index (χ0) is 11.5. The minimum absolute atomic E-state index is 0.133. The van der Waals surface area contributed by atoms with Gasteiger partial charge in [-0.15, -0.1) is 0 Å². The highest BCUT2D eigenvalue weighted by molar-refractivity contribution is 4.99. The Kier molecular flexibility index (Phi) is 3.40. The summed E-state index contributed by atoms with van der Waals surface area (Å²) >= 11 is 0. The minimum Gasteiger partial charge on any atom is -0.330 e. The average Bonchev–Trinajstić information content (AvgIpc) is 3.02. The molecule has 1 aliphatic carbocycles. The van der Waals surface area contributed by atoms with Gasteiger partial charge in [-0.3, -0.25) is 4.57 Å². The van der Waals surface area contributed by atoms with Crippen LogP contribution in [-0.4, -0.2) is 21.3 Å². The molecule has 0 spiro atoms. The summed E-state index contributed by atoms with van der Waals surface area (Å²) < 4.78 is 1.72. The molecule has 0 radical (unpaired) electrons. The van der Waals surface area contributed by atoms with Crippen LogP contribution in [-0.2, 0) is 0 Å². The number of aromatic nitrogens is 3. The molecule has 6 heteroatoms. The van der Waals surface area contributed by atoms with Crippen molar-refractivity contribution >= 4 is 0 Å². The number of rotatable bonds is 6. The lowest BCUT2D eigenvalue weighted by Crippen LogP contribution is -2.22. The first-order valence-corrected chi connectivity index (χ1v) is 5.86. The SMILES string of the molecule is NCCCCC(N)c1n[nH]c(=O)n1C1CC1. The topological polar surface area (TPSA) is 103 Å². The van der Waals surface area contributed by atoms with E-state index < -0.39 is 0 Å². The van der Waals surface area contributed by atoms with E-state index in [9.17, 15) is 4.79 Å². The third-order valence-corrected chi connectivity index (χ3v) is 2.94. The summed E-state index contributed by atoms with van der Waals surface area (Å²) in [4.78, 5) is 11.5. The molecule has 1 unspecified atom stereocenters. The van der Waals surface area contributed by atoms with Gasteiger partial charge in [0.15, 0.2) is 5.82 Å². The molecule has 0 saturated heterocycles. The van der Waals surface area contributed by atoms with E-state index in [4.69, 9.17) is 11.5 Å². The lowest BCUT2D eigenvalue weighted by molar-refractivity contribution is 0.528. The Hall–Kier alpha value is -1.14. The molecule has 1 aromatic rings. The normalized spacial score (nSPS) is 17.6. The Morgan fingerprint density at radius 2 is 2.25 bits per heavy atom. The van der Waals surface area contributed by atoms with E-state index in [1.54, 1.807) is 4.57 Å². The predicted octanol–water partition coefficient (Wildman–Crippen LogP) is 0.0351. The van der Waals surface area contributed by atoms with Crippen molar-refractivity contribution in [2.75, 3.05) is 6.54 Å². The van der Waals surface area contributed by atoms with Crippen LogP contribution in [0.2, 0.25) is 0 Å². The Balaban J connectivity index is 2.04. The zero-order valence-corrected chi connectivity index (χ0v) is 9.35. The van der Waals surface area contributed by atoms with E-state index >= 15 is 0 Å². The van der Waals surface area contributed by atoms with Crippen LogP contribution in [0.3, 0.4) is 0 Å². The average molecular weight is 225 g/mol. The Morgan fingerprint density at radius 3 is 2.88 bits per heavy atom. The van der Waals surface area contributed by atoms with Gasteiger partial charge in [-0.2, -0.15) is 5.10 Å². The van der Waals surface area contributed by atoms with Crippen molar-refractivity contribution in [3.05, 3.63) is 16.3 Å². The lowest BCUT2D eigenvalue weighted by Gasteiger charge is -2.11. The van der Waals surface area contributed by atoms with Gasteiger partial charge in [0.25, 0.3) is 0 Å². The first-order chi connectivity index (χ1) is 7.74. The van der Waals surface area contributed by atoms with Gasteiger partial charge in [0.05, 0.1) is 6.04 Å². The number of hydrogen-bond donors (Lipinski definition) is 3. The number of H-pyrrole nitrogens is 1. The second-order valence-electron chi connectivity index (χ2n) is 4.38. The number of nitrogens with zero attached hydrogens (tertiary/aromatic N) is 2. The Labute approximate surface area is 94.0 Å². The van der Waals surface area contributed by atoms with Crippen LogP contribution in [0.1, 0.15) is 50.0 Å². The van der Waals surface area contributed by atoms with Gasteiger partial charge < -0.3 is 11.5 Å². The van der Waals surface area contributed by atoms with Gasteiger partial charge in [-0.25, -0.2) is 9.89 Å². The monoisotopic (exact) mass is 225 g/mol. The second-order valence-corrected chi connectivity index (χ2v) is 4.38. The highest BCUT2D eigenvalue weighted by atomic mass is 16.1. The summed E-state index contributed by atoms with van der Waals surface area (Å²) in [5, 5.41) is 6.51. The first-order valence-electron chi connectivity index (χ1n) is 5.86. The third-order valence-electron chi connectivity index (χ3n) is 2.94. The fourth-order valence-corrected chi connectivity index (χ4v) is 1.90. The highest BCUT2D eigenvalue weighted by Crippen LogP contribution is 2.35. The van der Waals surface area contributed by atoms with Crippen molar-refractivity contribution in [2.24, 2.45) is 11.5 Å². The molecule has 0 aromatic carbocycles. The van der Waals surface area contributed by atoms with E-state index in [1.165, 1.54) is 0 Å². The molecule has 90 valence electrons. The molecule has 1 atom stereocenters. The standard InChI is InChI=1S/C10H19N5O/c11-6-2-1-3-8(12)9-13-14-10(16)15(9)7-4-5-7/h7-8H,1-6,11-12H2,(H,14,16). The molecule has 0 aliphatic heterocycles. The summed E-state index contributed by atoms with van der Waals surface area (Å²) in [6.07, 6.45) is 4.88. The number of aromatic amines is 1. The van der Waals surface area contributed by atoms with Crippen LogP contribution in [0, 0.1) is 0 Å². The summed E-state index contributed by atoms with van der Waals surface area (Å²) in [6.45, 7) is 0.683. The molecule has 0 amide bonds. The van der Waals surface area contributed by atoms with Crippen LogP contribution in [0.25, 0.3) is 0 Å². The van der Waals surface area contributed by atoms with Crippen molar-refractivity contribution in [3.8, 4) is 0 Å². The maximum Gasteiger partial charge on any atom is 0.343 e. The number of unbranched alkanes of at least 4 members (excludes halogenated alkanes) is 1. The summed E-state index contributed by atoms with van der Waals surface area (Å²) in [7, 11) is 0. The molecule has 1 aromatic heterocycles. The van der Waals surface area contributed by atoms with Crippen LogP contribution >= 0.6 is 0 Å². The number of hydrogen-bond acceptors (Lipinski definition) is 4. The highest BCUT2D eigenvalue weighted by Gasteiger charge is 2.29. The van der Waals surface area contributed by atoms with E-state index in [0.29, 0.717) is 18.4 Å². The van der Waals surface area contributed by atoms with Crippen molar-refractivity contribution in [3.63, 3.8) is 0 Å². The Bertz CT molecular complexity index is 392. The zero-order valence-electron chi connectivity index (χ0n) is 9.35. The van der Waals surface area contributed by atoms with Crippen molar-refractivity contribution in [2.45, 2.75) is 44.2 Å². The van der Waals surface area contributed by atoms with Gasteiger partial charge in [0.1, 0.15) is 0 Å². The smallest absolute Gasteiger partial charge is 0.330 e. The molecule has 16 heavy (non-hydrogen) atoms. The third kappa shape index (κ3) is 2.33. The van der Waals surface area contributed by atoms with Crippen molar-refractivity contribution < 1.29 is 0 Å². The number of nitrogens with two attached hydrogens (primary N) is 2. The fourth-order valence-electron chi connectivity index (χ4n) is 1.90. The van der Waals surface area contributed by atoms with E-state index in [-0.39, 0.29) is 11.7 Å². The van der Waals surface area contributed by atoms with Gasteiger partial charge in [-0.1, -0.05) is 6.42 Å². The van der Waals surface area contributed by atoms with E-state index in [2.05, 4.69) is 10.2 Å². The maximum absolute atomic E-state index is 11.5. The van der Waals surface area contributed by atoms with Crippen LogP contribution in [0.15, 0.2) is 4.79 Å². The summed E-state index contributed by atoms with van der Waals surface area (Å²) in [5.74, 6) is 0.699. The molecular weight excluding hydrogens is 206 g/mol. The second kappa shape index (κ2) is 4.80. The van der Waals surface area contributed by atoms with Gasteiger partial charge in [-0.05, 0) is 32.2 Å². The van der Waals surface area contributed by atoms with Gasteiger partial charge >= 0.3 is 5.69 Å². The summed E-state index contributed by atoms with van der Waals surface area (Å²) in [6, 6.07) is 0.160. The van der Waals surface area contributed by atoms with Crippen LogP contribution < -0.4 is 17.2 Å². The molecule has 1 heterocycles. The van der Waals surface area contributed by atoms with E-state index in [1.807, 2.05) is 0 Å². The van der Waals surface area contributed by atoms with Crippen LogP contribution in [0.4, 0.5) is 0 Å². The quantitative estimate of drug-likeness (QED) is 0.594. The Morgan fingerprint density at radius 1 is 1.50 bits per heavy atom. The molecule has 1 aliphatic rings. The maximum atomic E-state index is 11.5. The van der Waals surface area contributed by atoms with Crippen LogP contribution in [0.5, 0.6) is 0 Å². The molecule has 1 fully saturated rings. The molecule has 6 nitrogen and oxygen atoms in total. The molecule has 2 rings (SSSR count).